The van der Waals surface area contributed by atoms with Gasteiger partial charge in [-0.15, -0.1) is 0 Å². The van der Waals surface area contributed by atoms with Crippen molar-refractivity contribution in [2.75, 3.05) is 24.5 Å². The van der Waals surface area contributed by atoms with Gasteiger partial charge in [0.1, 0.15) is 0 Å². The molecule has 1 aromatic rings. The lowest BCUT2D eigenvalue weighted by atomic mass is 9.96. The highest BCUT2D eigenvalue weighted by molar-refractivity contribution is 6.33. The number of Topliss-reactive ketones (excluding diaryl/α,β-unsaturated/α-hetero) is 1. The highest BCUT2D eigenvalue weighted by Crippen LogP contribution is 2.30. The van der Waals surface area contributed by atoms with E-state index in [1.165, 1.54) is 0 Å². The summed E-state index contributed by atoms with van der Waals surface area (Å²) >= 11 is 6.30. The summed E-state index contributed by atoms with van der Waals surface area (Å²) in [6, 6.07) is 5.49. The number of hydrogen-bond acceptors (Lipinski definition) is 3. The Bertz CT molecular complexity index is 537. The lowest BCUT2D eigenvalue weighted by Gasteiger charge is -2.34. The Morgan fingerprint density at radius 1 is 1.29 bits per heavy atom. The van der Waals surface area contributed by atoms with Crippen LogP contribution in [-0.4, -0.2) is 31.3 Å². The summed E-state index contributed by atoms with van der Waals surface area (Å²) in [6.45, 7) is 5.68. The summed E-state index contributed by atoms with van der Waals surface area (Å²) in [5.41, 5.74) is 1.63. The molecule has 2 rings (SSSR count). The minimum absolute atomic E-state index is 0.0254. The zero-order chi connectivity index (χ0) is 15.4. The van der Waals surface area contributed by atoms with Crippen LogP contribution >= 0.6 is 11.6 Å². The third-order valence-electron chi connectivity index (χ3n) is 3.95. The molecule has 0 aliphatic carbocycles. The molecule has 0 radical (unpaired) electrons. The molecule has 1 aliphatic rings. The van der Waals surface area contributed by atoms with Crippen molar-refractivity contribution >= 4 is 29.0 Å². The molecule has 4 nitrogen and oxygen atoms in total. The molecule has 0 aromatic heterocycles. The largest absolute Gasteiger partial charge is 0.370 e. The maximum Gasteiger partial charge on any atom is 0.216 e. The van der Waals surface area contributed by atoms with E-state index in [1.807, 2.05) is 12.1 Å². The molecule has 1 heterocycles. The molecule has 0 unspecified atom stereocenters. The van der Waals surface area contributed by atoms with Crippen LogP contribution in [0.4, 0.5) is 5.69 Å². The Balaban J connectivity index is 1.96. The van der Waals surface area contributed by atoms with Gasteiger partial charge in [-0.3, -0.25) is 9.59 Å². The van der Waals surface area contributed by atoms with Gasteiger partial charge in [-0.05, 0) is 43.9 Å². The second-order valence-corrected chi connectivity index (χ2v) is 6.00. The molecule has 1 aromatic carbocycles. The van der Waals surface area contributed by atoms with Crippen LogP contribution < -0.4 is 10.2 Å². The van der Waals surface area contributed by atoms with E-state index in [0.717, 1.165) is 38.2 Å². The van der Waals surface area contributed by atoms with Crippen LogP contribution in [0.15, 0.2) is 18.2 Å². The third kappa shape index (κ3) is 4.21. The molecule has 114 valence electrons. The average molecular weight is 309 g/mol. The highest BCUT2D eigenvalue weighted by Gasteiger charge is 2.21. The van der Waals surface area contributed by atoms with Gasteiger partial charge in [-0.25, -0.2) is 0 Å². The number of hydrogen-bond donors (Lipinski definition) is 1. The predicted molar refractivity (Wildman–Crippen MR) is 85.1 cm³/mol. The smallest absolute Gasteiger partial charge is 0.216 e. The monoisotopic (exact) mass is 308 g/mol. The summed E-state index contributed by atoms with van der Waals surface area (Å²) < 4.78 is 0. The molecule has 1 N–H and O–H groups in total. The topological polar surface area (TPSA) is 49.4 Å². The number of nitrogens with one attached hydrogen (secondary N) is 1. The summed E-state index contributed by atoms with van der Waals surface area (Å²) in [5, 5.41) is 3.51. The van der Waals surface area contributed by atoms with Crippen LogP contribution in [0.3, 0.4) is 0 Å². The van der Waals surface area contributed by atoms with E-state index in [2.05, 4.69) is 10.2 Å². The van der Waals surface area contributed by atoms with Crippen molar-refractivity contribution in [1.82, 2.24) is 5.32 Å². The predicted octanol–water partition coefficient (Wildman–Crippen LogP) is 2.90. The van der Waals surface area contributed by atoms with Crippen molar-refractivity contribution in [3.8, 4) is 0 Å². The van der Waals surface area contributed by atoms with E-state index >= 15 is 0 Å². The first-order chi connectivity index (χ1) is 9.97. The first kappa shape index (κ1) is 15.8. The van der Waals surface area contributed by atoms with Gasteiger partial charge in [0.15, 0.2) is 5.78 Å². The number of rotatable bonds is 4. The highest BCUT2D eigenvalue weighted by atomic mass is 35.5. The minimum Gasteiger partial charge on any atom is -0.370 e. The lowest BCUT2D eigenvalue weighted by molar-refractivity contribution is -0.119. The van der Waals surface area contributed by atoms with Gasteiger partial charge in [-0.2, -0.15) is 0 Å². The minimum atomic E-state index is 0.0254. The van der Waals surface area contributed by atoms with E-state index in [9.17, 15) is 9.59 Å². The van der Waals surface area contributed by atoms with Crippen molar-refractivity contribution in [2.45, 2.75) is 26.7 Å². The summed E-state index contributed by atoms with van der Waals surface area (Å²) in [6.07, 6.45) is 2.07. The van der Waals surface area contributed by atoms with Crippen LogP contribution in [0.25, 0.3) is 0 Å². The second-order valence-electron chi connectivity index (χ2n) is 5.59. The number of piperidine rings is 1. The molecule has 1 amide bonds. The van der Waals surface area contributed by atoms with Crippen LogP contribution in [0.5, 0.6) is 0 Å². The van der Waals surface area contributed by atoms with E-state index < -0.39 is 0 Å². The van der Waals surface area contributed by atoms with Gasteiger partial charge in [0.25, 0.3) is 0 Å². The number of carbonyl (C=O) groups is 2. The van der Waals surface area contributed by atoms with Crippen molar-refractivity contribution in [2.24, 2.45) is 5.92 Å². The molecule has 5 heteroatoms. The Labute approximate surface area is 130 Å². The van der Waals surface area contributed by atoms with Crippen LogP contribution in [0.2, 0.25) is 5.02 Å². The Kier molecular flexibility index (Phi) is 5.23. The van der Waals surface area contributed by atoms with Gasteiger partial charge < -0.3 is 10.2 Å². The molecule has 0 bridgehead atoms. The number of amides is 1. The molecule has 1 saturated heterocycles. The molecule has 1 fully saturated rings. The second kappa shape index (κ2) is 6.94. The van der Waals surface area contributed by atoms with Crippen molar-refractivity contribution in [1.29, 1.82) is 0 Å². The fourth-order valence-corrected chi connectivity index (χ4v) is 2.95. The van der Waals surface area contributed by atoms with E-state index in [-0.39, 0.29) is 11.7 Å². The number of carbonyl (C=O) groups excluding carboxylic acids is 2. The zero-order valence-electron chi connectivity index (χ0n) is 12.5. The fourth-order valence-electron chi connectivity index (χ4n) is 2.65. The van der Waals surface area contributed by atoms with Crippen molar-refractivity contribution < 1.29 is 9.59 Å². The Hall–Kier alpha value is -1.55. The van der Waals surface area contributed by atoms with Crippen LogP contribution in [0.1, 0.15) is 37.0 Å². The van der Waals surface area contributed by atoms with Crippen LogP contribution in [-0.2, 0) is 4.79 Å². The van der Waals surface area contributed by atoms with Gasteiger partial charge in [0, 0.05) is 32.1 Å². The number of nitrogens with zero attached hydrogens (tertiary/aromatic N) is 1. The van der Waals surface area contributed by atoms with E-state index in [0.29, 0.717) is 16.5 Å². The van der Waals surface area contributed by atoms with Gasteiger partial charge >= 0.3 is 0 Å². The van der Waals surface area contributed by atoms with Gasteiger partial charge in [0.2, 0.25) is 5.91 Å². The van der Waals surface area contributed by atoms with Crippen molar-refractivity contribution in [3.05, 3.63) is 28.8 Å². The molecule has 1 aliphatic heterocycles. The molecular weight excluding hydrogens is 288 g/mol. The molecular formula is C16H21ClN2O2. The first-order valence-corrected chi connectivity index (χ1v) is 7.65. The SMILES string of the molecule is CC(=O)NCC1CCN(c2ccc(C(C)=O)cc2Cl)CC1. The van der Waals surface area contributed by atoms with Gasteiger partial charge in [-0.1, -0.05) is 11.6 Å². The Morgan fingerprint density at radius 2 is 1.95 bits per heavy atom. The summed E-state index contributed by atoms with van der Waals surface area (Å²) in [7, 11) is 0. The number of anilines is 1. The Morgan fingerprint density at radius 3 is 2.48 bits per heavy atom. The molecule has 21 heavy (non-hydrogen) atoms. The standard InChI is InChI=1S/C16H21ClN2O2/c1-11(20)14-3-4-16(15(17)9-14)19-7-5-13(6-8-19)10-18-12(2)21/h3-4,9,13H,5-8,10H2,1-2H3,(H,18,21). The van der Waals surface area contributed by atoms with Crippen molar-refractivity contribution in [3.63, 3.8) is 0 Å². The van der Waals surface area contributed by atoms with E-state index in [4.69, 9.17) is 11.6 Å². The third-order valence-corrected chi connectivity index (χ3v) is 4.25. The number of benzene rings is 1. The van der Waals surface area contributed by atoms with E-state index in [1.54, 1.807) is 19.9 Å². The fraction of sp³-hybridized carbons (Fsp3) is 0.500. The normalized spacial score (nSPS) is 15.9. The summed E-state index contributed by atoms with van der Waals surface area (Å²) in [5.74, 6) is 0.582. The quantitative estimate of drug-likeness (QED) is 0.870. The first-order valence-electron chi connectivity index (χ1n) is 7.27. The van der Waals surface area contributed by atoms with Gasteiger partial charge in [0.05, 0.1) is 10.7 Å². The average Bonchev–Trinajstić information content (AvgIpc) is 2.45. The van der Waals surface area contributed by atoms with Crippen LogP contribution in [0, 0.1) is 5.92 Å². The molecule has 0 spiro atoms. The molecule has 0 saturated carbocycles. The molecule has 0 atom stereocenters. The maximum atomic E-state index is 11.3. The number of ketones is 1. The summed E-state index contributed by atoms with van der Waals surface area (Å²) in [4.78, 5) is 24.5. The number of halogens is 1. The lowest BCUT2D eigenvalue weighted by Crippen LogP contribution is -2.38. The maximum absolute atomic E-state index is 11.3. The zero-order valence-corrected chi connectivity index (χ0v) is 13.2.